The van der Waals surface area contributed by atoms with E-state index in [2.05, 4.69) is 10.6 Å². The number of hydrogen-bond donors (Lipinski definition) is 3. The third-order valence-electron chi connectivity index (χ3n) is 3.76. The highest BCUT2D eigenvalue weighted by atomic mass is 16.2. The standard InChI is InChI=1S/C16H25N3O2/c1-4-11(2)14(15(17)20)19-16(21)13(18-3)10-12-8-6-5-7-9-12/h5-9,11,13-14,18H,4,10H2,1-3H3,(H2,17,20)(H,19,21)/t11-,13-,14-/m0/s1. The van der Waals surface area contributed by atoms with Crippen LogP contribution in [-0.4, -0.2) is 30.9 Å². The van der Waals surface area contributed by atoms with Crippen molar-refractivity contribution in [1.29, 1.82) is 0 Å². The minimum Gasteiger partial charge on any atom is -0.368 e. The van der Waals surface area contributed by atoms with Crippen LogP contribution in [0.3, 0.4) is 0 Å². The van der Waals surface area contributed by atoms with E-state index in [1.165, 1.54) is 0 Å². The molecule has 4 N–H and O–H groups in total. The lowest BCUT2D eigenvalue weighted by Gasteiger charge is -2.24. The van der Waals surface area contributed by atoms with E-state index in [0.29, 0.717) is 6.42 Å². The average Bonchev–Trinajstić information content (AvgIpc) is 2.49. The molecule has 0 saturated heterocycles. The highest BCUT2D eigenvalue weighted by Crippen LogP contribution is 2.09. The van der Waals surface area contributed by atoms with Crippen LogP contribution in [0.2, 0.25) is 0 Å². The zero-order chi connectivity index (χ0) is 15.8. The lowest BCUT2D eigenvalue weighted by molar-refractivity contribution is -0.129. The molecule has 0 aliphatic heterocycles. The number of nitrogens with two attached hydrogens (primary N) is 1. The van der Waals surface area contributed by atoms with Gasteiger partial charge in [-0.05, 0) is 24.9 Å². The summed E-state index contributed by atoms with van der Waals surface area (Å²) in [7, 11) is 1.73. The third kappa shape index (κ3) is 5.19. The van der Waals surface area contributed by atoms with Crippen LogP contribution in [0.4, 0.5) is 0 Å². The van der Waals surface area contributed by atoms with Crippen molar-refractivity contribution in [2.75, 3.05) is 7.05 Å². The summed E-state index contributed by atoms with van der Waals surface area (Å²) in [6.07, 6.45) is 1.34. The first-order chi connectivity index (χ1) is 9.99. The first-order valence-corrected chi connectivity index (χ1v) is 7.30. The topological polar surface area (TPSA) is 84.2 Å². The maximum absolute atomic E-state index is 12.3. The summed E-state index contributed by atoms with van der Waals surface area (Å²) in [6, 6.07) is 8.73. The SMILES string of the molecule is CC[C@H](C)[C@H](NC(=O)[C@H](Cc1ccccc1)NC)C(N)=O. The van der Waals surface area contributed by atoms with E-state index in [-0.39, 0.29) is 11.8 Å². The summed E-state index contributed by atoms with van der Waals surface area (Å²) in [4.78, 5) is 23.8. The molecule has 1 aromatic carbocycles. The van der Waals surface area contributed by atoms with Crippen LogP contribution in [0.1, 0.15) is 25.8 Å². The Balaban J connectivity index is 2.72. The Morgan fingerprint density at radius 1 is 1.24 bits per heavy atom. The Kier molecular flexibility index (Phi) is 6.88. The second-order valence-corrected chi connectivity index (χ2v) is 5.31. The molecule has 0 aliphatic carbocycles. The van der Waals surface area contributed by atoms with Gasteiger partial charge in [0.2, 0.25) is 11.8 Å². The summed E-state index contributed by atoms with van der Waals surface area (Å²) in [5.74, 6) is -0.682. The van der Waals surface area contributed by atoms with E-state index in [0.717, 1.165) is 12.0 Å². The molecule has 1 aromatic rings. The van der Waals surface area contributed by atoms with E-state index in [1.807, 2.05) is 44.2 Å². The molecule has 0 radical (unpaired) electrons. The van der Waals surface area contributed by atoms with Crippen LogP contribution in [0.25, 0.3) is 0 Å². The van der Waals surface area contributed by atoms with Crippen molar-refractivity contribution < 1.29 is 9.59 Å². The van der Waals surface area contributed by atoms with E-state index >= 15 is 0 Å². The second-order valence-electron chi connectivity index (χ2n) is 5.31. The molecule has 0 spiro atoms. The summed E-state index contributed by atoms with van der Waals surface area (Å²) in [6.45, 7) is 3.87. The van der Waals surface area contributed by atoms with Gasteiger partial charge in [0, 0.05) is 0 Å². The number of carbonyl (C=O) groups is 2. The normalized spacial score (nSPS) is 15.0. The van der Waals surface area contributed by atoms with Crippen molar-refractivity contribution in [2.24, 2.45) is 11.7 Å². The summed E-state index contributed by atoms with van der Waals surface area (Å²) >= 11 is 0. The fraction of sp³-hybridized carbons (Fsp3) is 0.500. The molecule has 3 atom stereocenters. The number of primary amides is 1. The average molecular weight is 291 g/mol. The van der Waals surface area contributed by atoms with Gasteiger partial charge in [-0.15, -0.1) is 0 Å². The fourth-order valence-corrected chi connectivity index (χ4v) is 2.16. The Morgan fingerprint density at radius 3 is 2.33 bits per heavy atom. The summed E-state index contributed by atoms with van der Waals surface area (Å²) < 4.78 is 0. The Hall–Kier alpha value is -1.88. The number of likely N-dealkylation sites (N-methyl/N-ethyl adjacent to an activating group) is 1. The first-order valence-electron chi connectivity index (χ1n) is 7.30. The van der Waals surface area contributed by atoms with Gasteiger partial charge in [-0.25, -0.2) is 0 Å². The van der Waals surface area contributed by atoms with Gasteiger partial charge in [-0.1, -0.05) is 50.6 Å². The van der Waals surface area contributed by atoms with Gasteiger partial charge in [0.05, 0.1) is 6.04 Å². The van der Waals surface area contributed by atoms with Gasteiger partial charge in [-0.3, -0.25) is 9.59 Å². The molecule has 0 fully saturated rings. The molecular formula is C16H25N3O2. The van der Waals surface area contributed by atoms with Crippen molar-refractivity contribution in [3.63, 3.8) is 0 Å². The summed E-state index contributed by atoms with van der Waals surface area (Å²) in [5, 5.41) is 5.75. The molecule has 0 aliphatic rings. The minimum atomic E-state index is -0.630. The molecule has 5 heteroatoms. The van der Waals surface area contributed by atoms with Gasteiger partial charge in [0.1, 0.15) is 6.04 Å². The van der Waals surface area contributed by atoms with Crippen molar-refractivity contribution in [3.05, 3.63) is 35.9 Å². The highest BCUT2D eigenvalue weighted by Gasteiger charge is 2.26. The van der Waals surface area contributed by atoms with Crippen LogP contribution in [-0.2, 0) is 16.0 Å². The van der Waals surface area contributed by atoms with Gasteiger partial charge < -0.3 is 16.4 Å². The molecule has 0 aromatic heterocycles. The van der Waals surface area contributed by atoms with Crippen molar-refractivity contribution in [1.82, 2.24) is 10.6 Å². The zero-order valence-corrected chi connectivity index (χ0v) is 12.9. The molecule has 0 unspecified atom stereocenters. The number of nitrogens with one attached hydrogen (secondary N) is 2. The number of benzene rings is 1. The van der Waals surface area contributed by atoms with Crippen LogP contribution in [0.15, 0.2) is 30.3 Å². The van der Waals surface area contributed by atoms with Gasteiger partial charge in [0.25, 0.3) is 0 Å². The number of rotatable bonds is 8. The van der Waals surface area contributed by atoms with Crippen molar-refractivity contribution >= 4 is 11.8 Å². The van der Waals surface area contributed by atoms with E-state index in [9.17, 15) is 9.59 Å². The van der Waals surface area contributed by atoms with Crippen LogP contribution < -0.4 is 16.4 Å². The van der Waals surface area contributed by atoms with Crippen molar-refractivity contribution in [3.8, 4) is 0 Å². The molecule has 0 saturated carbocycles. The molecule has 0 bridgehead atoms. The summed E-state index contributed by atoms with van der Waals surface area (Å²) in [5.41, 5.74) is 6.44. The zero-order valence-electron chi connectivity index (χ0n) is 12.9. The maximum atomic E-state index is 12.3. The quantitative estimate of drug-likeness (QED) is 0.663. The second kappa shape index (κ2) is 8.42. The van der Waals surface area contributed by atoms with E-state index in [1.54, 1.807) is 7.05 Å². The third-order valence-corrected chi connectivity index (χ3v) is 3.76. The number of amides is 2. The molecular weight excluding hydrogens is 266 g/mol. The molecule has 0 heterocycles. The Morgan fingerprint density at radius 2 is 1.86 bits per heavy atom. The Bertz CT molecular complexity index is 462. The monoisotopic (exact) mass is 291 g/mol. The number of hydrogen-bond acceptors (Lipinski definition) is 3. The molecule has 1 rings (SSSR count). The predicted octanol–water partition coefficient (Wildman–Crippen LogP) is 0.833. The van der Waals surface area contributed by atoms with Gasteiger partial charge in [0.15, 0.2) is 0 Å². The fourth-order valence-electron chi connectivity index (χ4n) is 2.16. The van der Waals surface area contributed by atoms with Crippen LogP contribution in [0, 0.1) is 5.92 Å². The smallest absolute Gasteiger partial charge is 0.240 e. The molecule has 2 amide bonds. The Labute approximate surface area is 126 Å². The molecule has 116 valence electrons. The molecule has 5 nitrogen and oxygen atoms in total. The lowest BCUT2D eigenvalue weighted by Crippen LogP contribution is -2.54. The van der Waals surface area contributed by atoms with E-state index in [4.69, 9.17) is 5.73 Å². The predicted molar refractivity (Wildman–Crippen MR) is 83.6 cm³/mol. The van der Waals surface area contributed by atoms with Crippen LogP contribution >= 0.6 is 0 Å². The van der Waals surface area contributed by atoms with E-state index < -0.39 is 18.0 Å². The lowest BCUT2D eigenvalue weighted by atomic mass is 9.97. The maximum Gasteiger partial charge on any atom is 0.240 e. The van der Waals surface area contributed by atoms with Gasteiger partial charge in [-0.2, -0.15) is 0 Å². The largest absolute Gasteiger partial charge is 0.368 e. The minimum absolute atomic E-state index is 0.0145. The number of carbonyl (C=O) groups excluding carboxylic acids is 2. The molecule has 21 heavy (non-hydrogen) atoms. The van der Waals surface area contributed by atoms with Crippen molar-refractivity contribution in [2.45, 2.75) is 38.8 Å². The first kappa shape index (κ1) is 17.2. The highest BCUT2D eigenvalue weighted by molar-refractivity contribution is 5.89. The van der Waals surface area contributed by atoms with Gasteiger partial charge >= 0.3 is 0 Å². The van der Waals surface area contributed by atoms with Crippen LogP contribution in [0.5, 0.6) is 0 Å².